The summed E-state index contributed by atoms with van der Waals surface area (Å²) in [5.41, 5.74) is 0.931. The highest BCUT2D eigenvalue weighted by Gasteiger charge is 2.12. The third-order valence-corrected chi connectivity index (χ3v) is 3.84. The minimum atomic E-state index is -3.57. The molecule has 0 saturated carbocycles. The second kappa shape index (κ2) is 5.75. The van der Waals surface area contributed by atoms with Gasteiger partial charge in [0.15, 0.2) is 0 Å². The number of carbonyl (C=O) groups is 1. The molecule has 6 heteroatoms. The molecular formula is C14H13NO4S. The number of rotatable bonds is 5. The number of carboxylic acids is 1. The van der Waals surface area contributed by atoms with Gasteiger partial charge in [-0.2, -0.15) is 0 Å². The maximum absolute atomic E-state index is 12.0. The van der Waals surface area contributed by atoms with Crippen LogP contribution in [0.15, 0.2) is 54.6 Å². The van der Waals surface area contributed by atoms with E-state index in [1.807, 2.05) is 0 Å². The summed E-state index contributed by atoms with van der Waals surface area (Å²) in [7, 11) is -3.57. The van der Waals surface area contributed by atoms with Crippen molar-refractivity contribution < 1.29 is 18.3 Å². The Hall–Kier alpha value is -2.34. The van der Waals surface area contributed by atoms with Crippen LogP contribution >= 0.6 is 0 Å². The molecule has 0 aliphatic rings. The van der Waals surface area contributed by atoms with E-state index in [0.717, 1.165) is 0 Å². The average molecular weight is 291 g/mol. The predicted molar refractivity (Wildman–Crippen MR) is 76.1 cm³/mol. The highest BCUT2D eigenvalue weighted by atomic mass is 32.2. The SMILES string of the molecule is O=C(O)c1cccc(NS(=O)(=O)Cc2ccccc2)c1. The Morgan fingerprint density at radius 1 is 1.05 bits per heavy atom. The van der Waals surface area contributed by atoms with Crippen molar-refractivity contribution in [3.05, 3.63) is 65.7 Å². The van der Waals surface area contributed by atoms with Crippen LogP contribution in [0.25, 0.3) is 0 Å². The first kappa shape index (κ1) is 14.1. The van der Waals surface area contributed by atoms with Crippen molar-refractivity contribution in [2.75, 3.05) is 4.72 Å². The van der Waals surface area contributed by atoms with Crippen molar-refractivity contribution in [3.8, 4) is 0 Å². The fourth-order valence-corrected chi connectivity index (χ4v) is 2.91. The first-order valence-electron chi connectivity index (χ1n) is 5.84. The minimum Gasteiger partial charge on any atom is -0.478 e. The summed E-state index contributed by atoms with van der Waals surface area (Å²) in [4.78, 5) is 10.8. The Bertz CT molecular complexity index is 711. The lowest BCUT2D eigenvalue weighted by molar-refractivity contribution is 0.0697. The number of sulfonamides is 1. The molecule has 0 atom stereocenters. The van der Waals surface area contributed by atoms with Gasteiger partial charge in [0.05, 0.1) is 11.3 Å². The summed E-state index contributed by atoms with van der Waals surface area (Å²) in [5.74, 6) is -1.26. The number of hydrogen-bond acceptors (Lipinski definition) is 3. The standard InChI is InChI=1S/C14H13NO4S/c16-14(17)12-7-4-8-13(9-12)15-20(18,19)10-11-5-2-1-3-6-11/h1-9,15H,10H2,(H,16,17). The molecule has 0 aliphatic carbocycles. The van der Waals surface area contributed by atoms with Crippen LogP contribution in [0.4, 0.5) is 5.69 Å². The number of nitrogens with one attached hydrogen (secondary N) is 1. The second-order valence-corrected chi connectivity index (χ2v) is 5.95. The van der Waals surface area contributed by atoms with Gasteiger partial charge in [-0.05, 0) is 23.8 Å². The van der Waals surface area contributed by atoms with Crippen LogP contribution in [-0.4, -0.2) is 19.5 Å². The number of benzene rings is 2. The maximum atomic E-state index is 12.0. The molecule has 2 N–H and O–H groups in total. The van der Waals surface area contributed by atoms with Gasteiger partial charge in [-0.3, -0.25) is 4.72 Å². The molecule has 20 heavy (non-hydrogen) atoms. The van der Waals surface area contributed by atoms with E-state index in [1.165, 1.54) is 24.3 Å². The van der Waals surface area contributed by atoms with Crippen LogP contribution in [0, 0.1) is 0 Å². The molecule has 0 saturated heterocycles. The van der Waals surface area contributed by atoms with Crippen molar-refractivity contribution in [2.24, 2.45) is 0 Å². The van der Waals surface area contributed by atoms with E-state index >= 15 is 0 Å². The van der Waals surface area contributed by atoms with Crippen LogP contribution in [0.3, 0.4) is 0 Å². The zero-order valence-electron chi connectivity index (χ0n) is 10.5. The Morgan fingerprint density at radius 3 is 2.40 bits per heavy atom. The van der Waals surface area contributed by atoms with Crippen LogP contribution in [0.5, 0.6) is 0 Å². The molecule has 2 aromatic rings. The molecule has 0 fully saturated rings. The number of hydrogen-bond donors (Lipinski definition) is 2. The highest BCUT2D eigenvalue weighted by Crippen LogP contribution is 2.14. The van der Waals surface area contributed by atoms with Crippen molar-refractivity contribution in [1.82, 2.24) is 0 Å². The Balaban J connectivity index is 2.16. The molecule has 0 aliphatic heterocycles. The fourth-order valence-electron chi connectivity index (χ4n) is 1.73. The lowest BCUT2D eigenvalue weighted by Crippen LogP contribution is -2.15. The van der Waals surface area contributed by atoms with Gasteiger partial charge in [0.1, 0.15) is 0 Å². The van der Waals surface area contributed by atoms with Gasteiger partial charge in [-0.1, -0.05) is 36.4 Å². The van der Waals surface area contributed by atoms with Gasteiger partial charge >= 0.3 is 5.97 Å². The van der Waals surface area contributed by atoms with E-state index in [0.29, 0.717) is 5.56 Å². The van der Waals surface area contributed by atoms with Crippen molar-refractivity contribution in [1.29, 1.82) is 0 Å². The smallest absolute Gasteiger partial charge is 0.335 e. The number of anilines is 1. The maximum Gasteiger partial charge on any atom is 0.335 e. The molecule has 0 radical (unpaired) electrons. The lowest BCUT2D eigenvalue weighted by Gasteiger charge is -2.08. The zero-order chi connectivity index (χ0) is 14.6. The molecule has 2 aromatic carbocycles. The monoisotopic (exact) mass is 291 g/mol. The van der Waals surface area contributed by atoms with Crippen LogP contribution in [0.1, 0.15) is 15.9 Å². The molecule has 5 nitrogen and oxygen atoms in total. The van der Waals surface area contributed by atoms with E-state index in [9.17, 15) is 13.2 Å². The number of aromatic carboxylic acids is 1. The molecule has 2 rings (SSSR count). The Labute approximate surface area is 116 Å². The van der Waals surface area contributed by atoms with Gasteiger partial charge in [-0.25, -0.2) is 13.2 Å². The molecule has 104 valence electrons. The summed E-state index contributed by atoms with van der Waals surface area (Å²) in [6.45, 7) is 0. The highest BCUT2D eigenvalue weighted by molar-refractivity contribution is 7.91. The molecule has 0 spiro atoms. The summed E-state index contributed by atoms with van der Waals surface area (Å²) in [6.07, 6.45) is 0. The summed E-state index contributed by atoms with van der Waals surface area (Å²) in [6, 6.07) is 14.4. The van der Waals surface area contributed by atoms with Gasteiger partial charge in [0.25, 0.3) is 0 Å². The molecular weight excluding hydrogens is 278 g/mol. The molecule has 0 amide bonds. The average Bonchev–Trinajstić information content (AvgIpc) is 2.39. The van der Waals surface area contributed by atoms with E-state index in [1.54, 1.807) is 30.3 Å². The first-order chi connectivity index (χ1) is 9.46. The minimum absolute atomic E-state index is 0.0323. The molecule has 0 bridgehead atoms. The van der Waals surface area contributed by atoms with E-state index < -0.39 is 16.0 Å². The van der Waals surface area contributed by atoms with E-state index in [-0.39, 0.29) is 17.0 Å². The third-order valence-electron chi connectivity index (χ3n) is 2.58. The van der Waals surface area contributed by atoms with Crippen molar-refractivity contribution >= 4 is 21.7 Å². The van der Waals surface area contributed by atoms with Crippen LogP contribution in [0.2, 0.25) is 0 Å². The van der Waals surface area contributed by atoms with E-state index in [2.05, 4.69) is 4.72 Å². The quantitative estimate of drug-likeness (QED) is 0.885. The van der Waals surface area contributed by atoms with E-state index in [4.69, 9.17) is 5.11 Å². The van der Waals surface area contributed by atoms with Crippen LogP contribution in [-0.2, 0) is 15.8 Å². The van der Waals surface area contributed by atoms with Gasteiger partial charge in [0.2, 0.25) is 10.0 Å². The lowest BCUT2D eigenvalue weighted by atomic mass is 10.2. The molecule has 0 unspecified atom stereocenters. The van der Waals surface area contributed by atoms with Crippen LogP contribution < -0.4 is 4.72 Å². The van der Waals surface area contributed by atoms with Gasteiger partial charge < -0.3 is 5.11 Å². The normalized spacial score (nSPS) is 11.0. The largest absolute Gasteiger partial charge is 0.478 e. The van der Waals surface area contributed by atoms with Gasteiger partial charge in [0, 0.05) is 5.69 Å². The summed E-state index contributed by atoms with van der Waals surface area (Å²) < 4.78 is 26.4. The Morgan fingerprint density at radius 2 is 1.75 bits per heavy atom. The third kappa shape index (κ3) is 3.83. The fraction of sp³-hybridized carbons (Fsp3) is 0.0714. The van der Waals surface area contributed by atoms with Crippen molar-refractivity contribution in [3.63, 3.8) is 0 Å². The summed E-state index contributed by atoms with van der Waals surface area (Å²) >= 11 is 0. The van der Waals surface area contributed by atoms with Crippen molar-refractivity contribution in [2.45, 2.75) is 5.75 Å². The number of carboxylic acid groups (broad SMARTS) is 1. The topological polar surface area (TPSA) is 83.5 Å². The second-order valence-electron chi connectivity index (χ2n) is 4.23. The predicted octanol–water partition coefficient (Wildman–Crippen LogP) is 2.33. The Kier molecular flexibility index (Phi) is 4.05. The summed E-state index contributed by atoms with van der Waals surface area (Å²) in [5, 5.41) is 8.87. The molecule has 0 aromatic heterocycles. The zero-order valence-corrected chi connectivity index (χ0v) is 11.3. The van der Waals surface area contributed by atoms with Gasteiger partial charge in [-0.15, -0.1) is 0 Å². The first-order valence-corrected chi connectivity index (χ1v) is 7.49. The molecule has 0 heterocycles.